The summed E-state index contributed by atoms with van der Waals surface area (Å²) in [5.41, 5.74) is 1.46. The third kappa shape index (κ3) is 5.46. The van der Waals surface area contributed by atoms with Crippen molar-refractivity contribution >= 4 is 27.6 Å². The number of primary sulfonamides is 1. The van der Waals surface area contributed by atoms with Gasteiger partial charge in [-0.3, -0.25) is 4.79 Å². The maximum absolute atomic E-state index is 12.2. The number of carbonyl (C=O) groups excluding carboxylic acids is 2. The smallest absolute Gasteiger partial charge is 0.374 e. The number of benzene rings is 2. The van der Waals surface area contributed by atoms with E-state index in [9.17, 15) is 18.0 Å². The summed E-state index contributed by atoms with van der Waals surface area (Å²) in [4.78, 5) is 24.1. The van der Waals surface area contributed by atoms with Crippen LogP contribution in [0.25, 0.3) is 0 Å². The maximum Gasteiger partial charge on any atom is 0.374 e. The van der Waals surface area contributed by atoms with Gasteiger partial charge < -0.3 is 19.2 Å². The minimum Gasteiger partial charge on any atom is -0.455 e. The first kappa shape index (κ1) is 21.1. The molecule has 0 bridgehead atoms. The zero-order valence-corrected chi connectivity index (χ0v) is 16.6. The van der Waals surface area contributed by atoms with E-state index >= 15 is 0 Å². The zero-order chi connectivity index (χ0) is 21.7. The molecule has 0 aliphatic carbocycles. The highest BCUT2D eigenvalue weighted by molar-refractivity contribution is 7.89. The summed E-state index contributed by atoms with van der Waals surface area (Å²) in [6, 6.07) is 16.3. The van der Waals surface area contributed by atoms with Crippen LogP contribution in [0.15, 0.2) is 70.2 Å². The molecule has 0 spiro atoms. The van der Waals surface area contributed by atoms with Crippen molar-refractivity contribution in [1.29, 1.82) is 0 Å². The molecular formula is C20H18N2O7S. The molecule has 0 radical (unpaired) electrons. The maximum atomic E-state index is 12.2. The number of carbonyl (C=O) groups is 2. The van der Waals surface area contributed by atoms with E-state index in [1.807, 2.05) is 19.1 Å². The molecule has 0 unspecified atom stereocenters. The lowest BCUT2D eigenvalue weighted by atomic mass is 10.2. The van der Waals surface area contributed by atoms with E-state index in [0.29, 0.717) is 17.2 Å². The van der Waals surface area contributed by atoms with E-state index < -0.39 is 39.4 Å². The number of ether oxygens (including phenoxy) is 2. The highest BCUT2D eigenvalue weighted by atomic mass is 32.2. The van der Waals surface area contributed by atoms with Gasteiger partial charge in [-0.2, -0.15) is 0 Å². The second-order valence-electron chi connectivity index (χ2n) is 6.20. The summed E-state index contributed by atoms with van der Waals surface area (Å²) in [5.74, 6) is -1.03. The van der Waals surface area contributed by atoms with Gasteiger partial charge in [-0.25, -0.2) is 18.4 Å². The Kier molecular flexibility index (Phi) is 6.19. The minimum atomic E-state index is -4.09. The Balaban J connectivity index is 1.60. The van der Waals surface area contributed by atoms with E-state index in [1.165, 1.54) is 0 Å². The summed E-state index contributed by atoms with van der Waals surface area (Å²) in [6.07, 6.45) is 0. The van der Waals surface area contributed by atoms with E-state index in [1.54, 1.807) is 36.4 Å². The Labute approximate surface area is 172 Å². The number of hydrogen-bond donors (Lipinski definition) is 2. The molecule has 30 heavy (non-hydrogen) atoms. The molecule has 0 saturated carbocycles. The largest absolute Gasteiger partial charge is 0.455 e. The Morgan fingerprint density at radius 2 is 1.73 bits per heavy atom. The summed E-state index contributed by atoms with van der Waals surface area (Å²) < 4.78 is 37.8. The second kappa shape index (κ2) is 8.80. The first-order valence-electron chi connectivity index (χ1n) is 8.65. The van der Waals surface area contributed by atoms with Crippen molar-refractivity contribution in [2.75, 3.05) is 11.9 Å². The first-order chi connectivity index (χ1) is 14.2. The lowest BCUT2D eigenvalue weighted by Gasteiger charge is -2.12. The summed E-state index contributed by atoms with van der Waals surface area (Å²) in [5, 5.41) is 6.91. The van der Waals surface area contributed by atoms with Gasteiger partial charge in [0, 0.05) is 0 Å². The van der Waals surface area contributed by atoms with Gasteiger partial charge in [0.05, 0.1) is 5.69 Å². The lowest BCUT2D eigenvalue weighted by Crippen LogP contribution is -2.21. The van der Waals surface area contributed by atoms with Crippen LogP contribution in [0.2, 0.25) is 0 Å². The molecule has 0 atom stereocenters. The van der Waals surface area contributed by atoms with Crippen LogP contribution in [0.5, 0.6) is 11.5 Å². The number of esters is 1. The summed E-state index contributed by atoms with van der Waals surface area (Å²) in [7, 11) is -4.09. The van der Waals surface area contributed by atoms with Gasteiger partial charge in [-0.1, -0.05) is 29.8 Å². The van der Waals surface area contributed by atoms with Crippen LogP contribution >= 0.6 is 0 Å². The fourth-order valence-electron chi connectivity index (χ4n) is 2.36. The molecule has 0 aliphatic rings. The minimum absolute atomic E-state index is 0.383. The summed E-state index contributed by atoms with van der Waals surface area (Å²) >= 11 is 0. The molecule has 10 heteroatoms. The Hall–Kier alpha value is -3.63. The number of amides is 1. The van der Waals surface area contributed by atoms with Crippen molar-refractivity contribution in [3.8, 4) is 11.5 Å². The van der Waals surface area contributed by atoms with Gasteiger partial charge in [0.25, 0.3) is 15.9 Å². The van der Waals surface area contributed by atoms with Crippen molar-refractivity contribution in [2.24, 2.45) is 5.14 Å². The van der Waals surface area contributed by atoms with E-state index in [0.717, 1.165) is 17.7 Å². The molecule has 156 valence electrons. The number of sulfonamides is 1. The van der Waals surface area contributed by atoms with Gasteiger partial charge in [-0.05, 0) is 43.3 Å². The molecule has 0 saturated heterocycles. The van der Waals surface area contributed by atoms with Crippen LogP contribution in [0, 0.1) is 6.92 Å². The van der Waals surface area contributed by atoms with Gasteiger partial charge in [0.1, 0.15) is 5.75 Å². The predicted molar refractivity (Wildman–Crippen MR) is 107 cm³/mol. The highest BCUT2D eigenvalue weighted by Crippen LogP contribution is 2.29. The van der Waals surface area contributed by atoms with Crippen LogP contribution in [0.3, 0.4) is 0 Å². The normalized spacial score (nSPS) is 11.0. The first-order valence-corrected chi connectivity index (χ1v) is 10.2. The average molecular weight is 430 g/mol. The standard InChI is InChI=1S/C20H18N2O7S/c1-13-6-8-14(9-7-13)28-16-5-3-2-4-15(16)22-18(23)12-27-20(24)17-10-11-19(29-17)30(21,25)26/h2-11H,12H2,1H3,(H,22,23)(H2,21,25,26). The van der Waals surface area contributed by atoms with Crippen molar-refractivity contribution in [2.45, 2.75) is 12.0 Å². The van der Waals surface area contributed by atoms with Crippen LogP contribution in [-0.4, -0.2) is 26.9 Å². The van der Waals surface area contributed by atoms with Crippen molar-refractivity contribution in [3.05, 3.63) is 72.0 Å². The summed E-state index contributed by atoms with van der Waals surface area (Å²) in [6.45, 7) is 1.33. The number of hydrogen-bond acceptors (Lipinski definition) is 7. The molecule has 3 aromatic rings. The number of furan rings is 1. The van der Waals surface area contributed by atoms with Crippen molar-refractivity contribution in [3.63, 3.8) is 0 Å². The number of nitrogens with two attached hydrogens (primary N) is 1. The molecule has 9 nitrogen and oxygen atoms in total. The number of rotatable bonds is 7. The zero-order valence-electron chi connectivity index (χ0n) is 15.8. The van der Waals surface area contributed by atoms with Gasteiger partial charge in [0.2, 0.25) is 10.9 Å². The third-order valence-corrected chi connectivity index (χ3v) is 4.59. The van der Waals surface area contributed by atoms with Crippen LogP contribution < -0.4 is 15.2 Å². The lowest BCUT2D eigenvalue weighted by molar-refractivity contribution is -0.119. The number of para-hydroxylation sites is 2. The molecule has 0 fully saturated rings. The quantitative estimate of drug-likeness (QED) is 0.550. The fraction of sp³-hybridized carbons (Fsp3) is 0.100. The molecule has 1 heterocycles. The monoisotopic (exact) mass is 430 g/mol. The van der Waals surface area contributed by atoms with Gasteiger partial charge in [0.15, 0.2) is 12.4 Å². The van der Waals surface area contributed by atoms with Crippen molar-refractivity contribution in [1.82, 2.24) is 0 Å². The SMILES string of the molecule is Cc1ccc(Oc2ccccc2NC(=O)COC(=O)c2ccc(S(N)(=O)=O)o2)cc1. The number of anilines is 1. The third-order valence-electron chi connectivity index (χ3n) is 3.81. The molecule has 3 N–H and O–H groups in total. The predicted octanol–water partition coefficient (Wildman–Crippen LogP) is 2.82. The number of aryl methyl sites for hydroxylation is 1. The van der Waals surface area contributed by atoms with Gasteiger partial charge in [-0.15, -0.1) is 0 Å². The molecule has 2 aromatic carbocycles. The number of nitrogens with one attached hydrogen (secondary N) is 1. The second-order valence-corrected chi connectivity index (χ2v) is 7.69. The Morgan fingerprint density at radius 3 is 2.40 bits per heavy atom. The fourth-order valence-corrected chi connectivity index (χ4v) is 2.83. The van der Waals surface area contributed by atoms with Crippen molar-refractivity contribution < 1.29 is 31.9 Å². The molecule has 1 amide bonds. The van der Waals surface area contributed by atoms with E-state index in [4.69, 9.17) is 19.0 Å². The average Bonchev–Trinajstić information content (AvgIpc) is 3.20. The van der Waals surface area contributed by atoms with Crippen LogP contribution in [-0.2, 0) is 19.6 Å². The topological polar surface area (TPSA) is 138 Å². The van der Waals surface area contributed by atoms with E-state index in [-0.39, 0.29) is 0 Å². The highest BCUT2D eigenvalue weighted by Gasteiger charge is 2.19. The van der Waals surface area contributed by atoms with Crippen LogP contribution in [0.1, 0.15) is 16.1 Å². The van der Waals surface area contributed by atoms with E-state index in [2.05, 4.69) is 5.32 Å². The molecule has 1 aromatic heterocycles. The molecule has 0 aliphatic heterocycles. The van der Waals surface area contributed by atoms with Crippen LogP contribution in [0.4, 0.5) is 5.69 Å². The Bertz CT molecular complexity index is 1170. The molecule has 3 rings (SSSR count). The Morgan fingerprint density at radius 1 is 1.03 bits per heavy atom. The molecular weight excluding hydrogens is 412 g/mol. The van der Waals surface area contributed by atoms with Gasteiger partial charge >= 0.3 is 5.97 Å².